The molecule has 4 rings (SSSR count). The second-order valence-electron chi connectivity index (χ2n) is 8.22. The zero-order valence-electron chi connectivity index (χ0n) is 17.5. The van der Waals surface area contributed by atoms with Crippen LogP contribution in [0.25, 0.3) is 0 Å². The van der Waals surface area contributed by atoms with Crippen molar-refractivity contribution in [3.63, 3.8) is 0 Å². The van der Waals surface area contributed by atoms with E-state index in [1.807, 2.05) is 13.0 Å². The van der Waals surface area contributed by atoms with Crippen LogP contribution in [0.5, 0.6) is 0 Å². The van der Waals surface area contributed by atoms with Gasteiger partial charge in [-0.3, -0.25) is 4.79 Å². The van der Waals surface area contributed by atoms with Crippen LogP contribution in [0, 0.1) is 13.8 Å². The van der Waals surface area contributed by atoms with E-state index < -0.39 is 0 Å². The molecule has 0 atom stereocenters. The maximum absolute atomic E-state index is 12.6. The van der Waals surface area contributed by atoms with E-state index in [0.717, 1.165) is 35.3 Å². The molecule has 0 radical (unpaired) electrons. The van der Waals surface area contributed by atoms with Crippen LogP contribution in [-0.4, -0.2) is 39.5 Å². The zero-order chi connectivity index (χ0) is 20.2. The van der Waals surface area contributed by atoms with Gasteiger partial charge in [0.05, 0.1) is 5.75 Å². The van der Waals surface area contributed by atoms with Crippen molar-refractivity contribution < 1.29 is 4.79 Å². The van der Waals surface area contributed by atoms with Crippen molar-refractivity contribution in [2.24, 2.45) is 0 Å². The van der Waals surface area contributed by atoms with Gasteiger partial charge < -0.3 is 14.8 Å². The minimum atomic E-state index is 0.00266. The van der Waals surface area contributed by atoms with E-state index in [9.17, 15) is 4.79 Å². The summed E-state index contributed by atoms with van der Waals surface area (Å²) in [5.41, 5.74) is 3.25. The van der Waals surface area contributed by atoms with Crippen molar-refractivity contribution in [1.29, 1.82) is 0 Å². The Kier molecular flexibility index (Phi) is 6.43. The maximum atomic E-state index is 12.6. The third kappa shape index (κ3) is 4.77. The number of thioether (sulfide) groups is 1. The van der Waals surface area contributed by atoms with E-state index in [1.165, 1.54) is 62.4 Å². The van der Waals surface area contributed by atoms with Gasteiger partial charge in [0.2, 0.25) is 5.91 Å². The van der Waals surface area contributed by atoms with E-state index in [1.54, 1.807) is 0 Å². The first-order valence-corrected chi connectivity index (χ1v) is 11.8. The summed E-state index contributed by atoms with van der Waals surface area (Å²) in [6.45, 7) is 6.33. The molecule has 1 amide bonds. The van der Waals surface area contributed by atoms with Crippen LogP contribution in [0.4, 0.5) is 11.4 Å². The molecule has 29 heavy (non-hydrogen) atoms. The molecule has 0 spiro atoms. The lowest BCUT2D eigenvalue weighted by molar-refractivity contribution is -0.113. The molecule has 156 valence electrons. The smallest absolute Gasteiger partial charge is 0.234 e. The molecule has 0 unspecified atom stereocenters. The maximum Gasteiger partial charge on any atom is 0.234 e. The van der Waals surface area contributed by atoms with Gasteiger partial charge in [-0.05, 0) is 63.3 Å². The Bertz CT molecular complexity index is 853. The molecule has 2 aliphatic rings. The predicted octanol–water partition coefficient (Wildman–Crippen LogP) is 4.73. The van der Waals surface area contributed by atoms with Crippen molar-refractivity contribution in [2.45, 2.75) is 70.0 Å². The molecular weight excluding hydrogens is 382 g/mol. The number of carbonyl (C=O) groups excluding carboxylic acids is 1. The Hall–Kier alpha value is -2.02. The van der Waals surface area contributed by atoms with Crippen LogP contribution < -0.4 is 10.2 Å². The lowest BCUT2D eigenvalue weighted by Gasteiger charge is -2.24. The van der Waals surface area contributed by atoms with E-state index in [4.69, 9.17) is 0 Å². The molecule has 0 bridgehead atoms. The molecule has 1 N–H and O–H groups in total. The summed E-state index contributed by atoms with van der Waals surface area (Å²) in [5.74, 6) is 1.30. The topological polar surface area (TPSA) is 63.1 Å². The van der Waals surface area contributed by atoms with Gasteiger partial charge in [0.1, 0.15) is 5.82 Å². The third-order valence-corrected chi connectivity index (χ3v) is 7.01. The number of nitrogens with one attached hydrogen (secondary N) is 1. The Morgan fingerprint density at radius 3 is 2.59 bits per heavy atom. The Morgan fingerprint density at radius 1 is 1.10 bits per heavy atom. The second-order valence-corrected chi connectivity index (χ2v) is 9.16. The number of hydrogen-bond acceptors (Lipinski definition) is 5. The number of amides is 1. The minimum absolute atomic E-state index is 0.00266. The number of aryl methyl sites for hydroxylation is 2. The first-order valence-electron chi connectivity index (χ1n) is 10.8. The zero-order valence-corrected chi connectivity index (χ0v) is 18.3. The number of benzene rings is 1. The van der Waals surface area contributed by atoms with Crippen LogP contribution >= 0.6 is 11.8 Å². The van der Waals surface area contributed by atoms with Gasteiger partial charge in [0.15, 0.2) is 5.16 Å². The fourth-order valence-electron chi connectivity index (χ4n) is 4.48. The highest BCUT2D eigenvalue weighted by Crippen LogP contribution is 2.32. The van der Waals surface area contributed by atoms with Crippen molar-refractivity contribution in [1.82, 2.24) is 14.8 Å². The molecule has 1 aromatic heterocycles. The second kappa shape index (κ2) is 9.20. The van der Waals surface area contributed by atoms with Gasteiger partial charge in [-0.15, -0.1) is 10.2 Å². The molecule has 2 aromatic rings. The van der Waals surface area contributed by atoms with Crippen LogP contribution in [0.2, 0.25) is 0 Å². The molecule has 7 heteroatoms. The van der Waals surface area contributed by atoms with Crippen molar-refractivity contribution in [3.05, 3.63) is 29.6 Å². The SMILES string of the molecule is Cc1cc(N2CCCC2)ccc1NC(=O)CSc1nnc(C)n1C1CCCCC1. The molecule has 1 saturated carbocycles. The van der Waals surface area contributed by atoms with Crippen molar-refractivity contribution >= 4 is 29.0 Å². The van der Waals surface area contributed by atoms with Crippen LogP contribution in [-0.2, 0) is 4.79 Å². The quantitative estimate of drug-likeness (QED) is 0.694. The predicted molar refractivity (Wildman–Crippen MR) is 119 cm³/mol. The lowest BCUT2D eigenvalue weighted by Crippen LogP contribution is -2.19. The number of nitrogens with zero attached hydrogens (tertiary/aromatic N) is 4. The molecule has 6 nitrogen and oxygen atoms in total. The molecule has 2 fully saturated rings. The fraction of sp³-hybridized carbons (Fsp3) is 0.591. The highest BCUT2D eigenvalue weighted by Gasteiger charge is 2.22. The van der Waals surface area contributed by atoms with E-state index in [0.29, 0.717) is 11.8 Å². The van der Waals surface area contributed by atoms with Crippen molar-refractivity contribution in [3.8, 4) is 0 Å². The first kappa shape index (κ1) is 20.3. The van der Waals surface area contributed by atoms with Gasteiger partial charge in [-0.2, -0.15) is 0 Å². The molecule has 1 aliphatic carbocycles. The fourth-order valence-corrected chi connectivity index (χ4v) is 5.34. The largest absolute Gasteiger partial charge is 0.372 e. The summed E-state index contributed by atoms with van der Waals surface area (Å²) < 4.78 is 2.24. The molecule has 1 aliphatic heterocycles. The monoisotopic (exact) mass is 413 g/mol. The minimum Gasteiger partial charge on any atom is -0.372 e. The number of aromatic nitrogens is 3. The van der Waals surface area contributed by atoms with Crippen molar-refractivity contribution in [2.75, 3.05) is 29.1 Å². The summed E-state index contributed by atoms with van der Waals surface area (Å²) >= 11 is 1.49. The summed E-state index contributed by atoms with van der Waals surface area (Å²) in [6, 6.07) is 6.80. The summed E-state index contributed by atoms with van der Waals surface area (Å²) in [6.07, 6.45) is 8.74. The number of rotatable bonds is 6. The number of hydrogen-bond donors (Lipinski definition) is 1. The molecule has 1 aromatic carbocycles. The molecule has 1 saturated heterocycles. The van der Waals surface area contributed by atoms with E-state index in [-0.39, 0.29) is 5.91 Å². The highest BCUT2D eigenvalue weighted by atomic mass is 32.2. The van der Waals surface area contributed by atoms with Crippen LogP contribution in [0.1, 0.15) is 62.4 Å². The van der Waals surface area contributed by atoms with Crippen LogP contribution in [0.3, 0.4) is 0 Å². The summed E-state index contributed by atoms with van der Waals surface area (Å²) in [4.78, 5) is 15.0. The number of carbonyl (C=O) groups is 1. The van der Waals surface area contributed by atoms with Gasteiger partial charge in [-0.1, -0.05) is 31.0 Å². The molecule has 2 heterocycles. The lowest BCUT2D eigenvalue weighted by atomic mass is 9.95. The normalized spacial score (nSPS) is 17.7. The Morgan fingerprint density at radius 2 is 1.86 bits per heavy atom. The van der Waals surface area contributed by atoms with Gasteiger partial charge in [0.25, 0.3) is 0 Å². The molecular formula is C22H31N5OS. The highest BCUT2D eigenvalue weighted by molar-refractivity contribution is 7.99. The van der Waals surface area contributed by atoms with Gasteiger partial charge in [-0.25, -0.2) is 0 Å². The summed E-state index contributed by atoms with van der Waals surface area (Å²) in [7, 11) is 0. The summed E-state index contributed by atoms with van der Waals surface area (Å²) in [5, 5.41) is 12.5. The van der Waals surface area contributed by atoms with Crippen LogP contribution in [0.15, 0.2) is 23.4 Å². The average molecular weight is 414 g/mol. The standard InChI is InChI=1S/C22H31N5OS/c1-16-14-19(26-12-6-7-13-26)10-11-20(16)23-21(28)15-29-22-25-24-17(2)27(22)18-8-4-3-5-9-18/h10-11,14,18H,3-9,12-13,15H2,1-2H3,(H,23,28). The number of anilines is 2. The third-order valence-electron chi connectivity index (χ3n) is 6.06. The Balaban J connectivity index is 1.36. The Labute approximate surface area is 177 Å². The average Bonchev–Trinajstić information content (AvgIpc) is 3.38. The van der Waals surface area contributed by atoms with Gasteiger partial charge in [0, 0.05) is 30.5 Å². The van der Waals surface area contributed by atoms with E-state index in [2.05, 4.69) is 44.0 Å². The van der Waals surface area contributed by atoms with Gasteiger partial charge >= 0.3 is 0 Å². The first-order chi connectivity index (χ1) is 14.1. The van der Waals surface area contributed by atoms with E-state index >= 15 is 0 Å².